The number of thioether (sulfide) groups is 1. The highest BCUT2D eigenvalue weighted by atomic mass is 35.5. The van der Waals surface area contributed by atoms with E-state index in [0.717, 1.165) is 23.2 Å². The number of fused-ring (bicyclic) bond motifs is 1. The summed E-state index contributed by atoms with van der Waals surface area (Å²) in [4.78, 5) is 16.7. The van der Waals surface area contributed by atoms with Gasteiger partial charge in [0.05, 0.1) is 27.4 Å². The fourth-order valence-electron chi connectivity index (χ4n) is 2.62. The molecule has 0 saturated heterocycles. The molecule has 1 aromatic heterocycles. The molecule has 0 aliphatic rings. The Hall–Kier alpha value is -2.19. The summed E-state index contributed by atoms with van der Waals surface area (Å²) in [6.07, 6.45) is -4.58. The first-order valence-corrected chi connectivity index (χ1v) is 9.40. The average molecular weight is 414 g/mol. The van der Waals surface area contributed by atoms with Crippen LogP contribution in [0.4, 0.5) is 18.9 Å². The Bertz CT molecular complexity index is 988. The first kappa shape index (κ1) is 19.6. The zero-order valence-electron chi connectivity index (χ0n) is 14.2. The number of amides is 1. The number of benzene rings is 2. The van der Waals surface area contributed by atoms with Gasteiger partial charge in [0.1, 0.15) is 0 Å². The highest BCUT2D eigenvalue weighted by Crippen LogP contribution is 2.36. The number of imidazole rings is 1. The standard InChI is InChI=1S/C18H15ClF3N3OS/c1-2-25-15-6-4-3-5-14(15)24-17(25)27-10-16(26)23-11-7-8-13(19)12(9-11)18(20,21)22/h3-9H,2,10H2,1H3,(H,23,26). The monoisotopic (exact) mass is 413 g/mol. The predicted octanol–water partition coefficient (Wildman–Crippen LogP) is 5.46. The third-order valence-electron chi connectivity index (χ3n) is 3.82. The molecule has 0 radical (unpaired) electrons. The highest BCUT2D eigenvalue weighted by Gasteiger charge is 2.33. The van der Waals surface area contributed by atoms with E-state index in [1.165, 1.54) is 17.8 Å². The lowest BCUT2D eigenvalue weighted by molar-refractivity contribution is -0.137. The number of nitrogens with one attached hydrogen (secondary N) is 1. The van der Waals surface area contributed by atoms with Gasteiger partial charge in [-0.2, -0.15) is 13.2 Å². The van der Waals surface area contributed by atoms with Crippen LogP contribution in [0, 0.1) is 0 Å². The molecule has 0 bridgehead atoms. The normalized spacial score (nSPS) is 11.7. The lowest BCUT2D eigenvalue weighted by Gasteiger charge is -2.12. The van der Waals surface area contributed by atoms with Gasteiger partial charge in [-0.1, -0.05) is 35.5 Å². The van der Waals surface area contributed by atoms with Crippen molar-refractivity contribution in [2.24, 2.45) is 0 Å². The predicted molar refractivity (Wildman–Crippen MR) is 101 cm³/mol. The van der Waals surface area contributed by atoms with Gasteiger partial charge in [0.2, 0.25) is 5.91 Å². The summed E-state index contributed by atoms with van der Waals surface area (Å²) in [6.45, 7) is 2.67. The highest BCUT2D eigenvalue weighted by molar-refractivity contribution is 7.99. The molecule has 2 aromatic carbocycles. The first-order chi connectivity index (χ1) is 12.8. The first-order valence-electron chi connectivity index (χ1n) is 8.04. The maximum absolute atomic E-state index is 12.9. The van der Waals surface area contributed by atoms with Crippen LogP contribution in [-0.2, 0) is 17.5 Å². The molecule has 0 aliphatic heterocycles. The quantitative estimate of drug-likeness (QED) is 0.565. The van der Waals surface area contributed by atoms with Crippen molar-refractivity contribution < 1.29 is 18.0 Å². The number of rotatable bonds is 5. The lowest BCUT2D eigenvalue weighted by atomic mass is 10.2. The number of hydrogen-bond acceptors (Lipinski definition) is 3. The van der Waals surface area contributed by atoms with E-state index in [1.807, 2.05) is 35.8 Å². The molecule has 3 rings (SSSR count). The fraction of sp³-hybridized carbons (Fsp3) is 0.222. The van der Waals surface area contributed by atoms with E-state index in [9.17, 15) is 18.0 Å². The summed E-state index contributed by atoms with van der Waals surface area (Å²) in [5, 5.41) is 2.74. The molecule has 0 saturated carbocycles. The second kappa shape index (κ2) is 7.82. The van der Waals surface area contributed by atoms with Gasteiger partial charge in [-0.25, -0.2) is 4.98 Å². The van der Waals surface area contributed by atoms with Crippen LogP contribution in [0.5, 0.6) is 0 Å². The van der Waals surface area contributed by atoms with Gasteiger partial charge in [-0.3, -0.25) is 4.79 Å². The summed E-state index contributed by atoms with van der Waals surface area (Å²) < 4.78 is 40.7. The SMILES string of the molecule is CCn1c(SCC(=O)Nc2ccc(Cl)c(C(F)(F)F)c2)nc2ccccc21. The molecule has 27 heavy (non-hydrogen) atoms. The van der Waals surface area contributed by atoms with E-state index in [1.54, 1.807) is 0 Å². The summed E-state index contributed by atoms with van der Waals surface area (Å²) in [5.74, 6) is -0.405. The molecule has 142 valence electrons. The average Bonchev–Trinajstić information content (AvgIpc) is 2.98. The minimum Gasteiger partial charge on any atom is -0.325 e. The number of hydrogen-bond donors (Lipinski definition) is 1. The van der Waals surface area contributed by atoms with Gasteiger partial charge >= 0.3 is 6.18 Å². The molecular formula is C18H15ClF3N3OS. The number of carbonyl (C=O) groups excluding carboxylic acids is 1. The molecule has 0 aliphatic carbocycles. The molecule has 0 atom stereocenters. The summed E-state index contributed by atoms with van der Waals surface area (Å²) in [7, 11) is 0. The second-order valence-corrected chi connectivity index (χ2v) is 7.01. The molecule has 0 spiro atoms. The van der Waals surface area contributed by atoms with Crippen molar-refractivity contribution >= 4 is 46.0 Å². The number of anilines is 1. The molecule has 1 heterocycles. The van der Waals surface area contributed by atoms with Crippen molar-refractivity contribution in [1.82, 2.24) is 9.55 Å². The van der Waals surface area contributed by atoms with E-state index in [-0.39, 0.29) is 11.4 Å². The zero-order valence-corrected chi connectivity index (χ0v) is 15.8. The molecule has 0 unspecified atom stereocenters. The number of aromatic nitrogens is 2. The van der Waals surface area contributed by atoms with Crippen LogP contribution in [0.25, 0.3) is 11.0 Å². The van der Waals surface area contributed by atoms with Gasteiger partial charge < -0.3 is 9.88 Å². The van der Waals surface area contributed by atoms with Crippen molar-refractivity contribution in [2.75, 3.05) is 11.1 Å². The number of halogens is 4. The topological polar surface area (TPSA) is 46.9 Å². The van der Waals surface area contributed by atoms with Crippen LogP contribution in [0.15, 0.2) is 47.6 Å². The van der Waals surface area contributed by atoms with Crippen molar-refractivity contribution in [2.45, 2.75) is 24.8 Å². The molecule has 0 fully saturated rings. The molecule has 1 amide bonds. The summed E-state index contributed by atoms with van der Waals surface area (Å²) in [6, 6.07) is 10.9. The number of carbonyl (C=O) groups is 1. The van der Waals surface area contributed by atoms with Crippen molar-refractivity contribution in [1.29, 1.82) is 0 Å². The Kier molecular flexibility index (Phi) is 5.67. The maximum Gasteiger partial charge on any atom is 0.417 e. The summed E-state index contributed by atoms with van der Waals surface area (Å²) >= 11 is 6.81. The van der Waals surface area contributed by atoms with Crippen molar-refractivity contribution in [3.8, 4) is 0 Å². The summed E-state index contributed by atoms with van der Waals surface area (Å²) in [5.41, 5.74) is 0.855. The largest absolute Gasteiger partial charge is 0.417 e. The minimum atomic E-state index is -4.58. The number of alkyl halides is 3. The van der Waals surface area contributed by atoms with Gasteiger partial charge in [0, 0.05) is 12.2 Å². The van der Waals surface area contributed by atoms with Crippen LogP contribution >= 0.6 is 23.4 Å². The number of aryl methyl sites for hydroxylation is 1. The Morgan fingerprint density at radius 1 is 1.26 bits per heavy atom. The number of para-hydroxylation sites is 2. The zero-order chi connectivity index (χ0) is 19.6. The minimum absolute atomic E-state index is 0.0211. The third-order valence-corrected chi connectivity index (χ3v) is 5.13. The molecule has 3 aromatic rings. The van der Waals surface area contributed by atoms with Crippen molar-refractivity contribution in [3.63, 3.8) is 0 Å². The van der Waals surface area contributed by atoms with E-state index in [2.05, 4.69) is 10.3 Å². The van der Waals surface area contributed by atoms with E-state index in [4.69, 9.17) is 11.6 Å². The van der Waals surface area contributed by atoms with Gasteiger partial charge in [0.15, 0.2) is 5.16 Å². The van der Waals surface area contributed by atoms with E-state index in [0.29, 0.717) is 11.7 Å². The van der Waals surface area contributed by atoms with Gasteiger partial charge in [-0.15, -0.1) is 0 Å². The van der Waals surface area contributed by atoms with E-state index >= 15 is 0 Å². The molecule has 4 nitrogen and oxygen atoms in total. The third kappa shape index (κ3) is 4.39. The number of nitrogens with zero attached hydrogens (tertiary/aromatic N) is 2. The lowest BCUT2D eigenvalue weighted by Crippen LogP contribution is -2.15. The maximum atomic E-state index is 12.9. The molecule has 9 heteroatoms. The van der Waals surface area contributed by atoms with Crippen molar-refractivity contribution in [3.05, 3.63) is 53.1 Å². The van der Waals surface area contributed by atoms with Gasteiger partial charge in [-0.05, 0) is 37.3 Å². The van der Waals surface area contributed by atoms with Crippen LogP contribution < -0.4 is 5.32 Å². The smallest absolute Gasteiger partial charge is 0.325 e. The van der Waals surface area contributed by atoms with Crippen LogP contribution in [0.3, 0.4) is 0 Å². The Morgan fingerprint density at radius 2 is 2.00 bits per heavy atom. The van der Waals surface area contributed by atoms with Crippen LogP contribution in [-0.4, -0.2) is 21.2 Å². The van der Waals surface area contributed by atoms with Crippen LogP contribution in [0.1, 0.15) is 12.5 Å². The fourth-order valence-corrected chi connectivity index (χ4v) is 3.72. The van der Waals surface area contributed by atoms with E-state index < -0.39 is 22.7 Å². The Labute approximate surface area is 162 Å². The molecular weight excluding hydrogens is 399 g/mol. The van der Waals surface area contributed by atoms with Crippen LogP contribution in [0.2, 0.25) is 5.02 Å². The second-order valence-electron chi connectivity index (χ2n) is 5.66. The Balaban J connectivity index is 1.71. The molecule has 1 N–H and O–H groups in total. The van der Waals surface area contributed by atoms with Gasteiger partial charge in [0.25, 0.3) is 0 Å². The Morgan fingerprint density at radius 3 is 2.70 bits per heavy atom.